The summed E-state index contributed by atoms with van der Waals surface area (Å²) in [6, 6.07) is 1.26. The molecule has 0 radical (unpaired) electrons. The zero-order valence-corrected chi connectivity index (χ0v) is 15.3. The molecule has 2 saturated heterocycles. The van der Waals surface area contributed by atoms with Gasteiger partial charge in [-0.2, -0.15) is 5.10 Å². The van der Waals surface area contributed by atoms with Gasteiger partial charge in [-0.3, -0.25) is 14.3 Å². The van der Waals surface area contributed by atoms with E-state index in [1.165, 1.54) is 0 Å². The number of aromatic nitrogens is 2. The smallest absolute Gasteiger partial charge is 0.248 e. The summed E-state index contributed by atoms with van der Waals surface area (Å²) in [5, 5.41) is 10.5. The number of rotatable bonds is 4. The first-order valence-electron chi connectivity index (χ1n) is 8.52. The first kappa shape index (κ1) is 19.7. The summed E-state index contributed by atoms with van der Waals surface area (Å²) in [6.45, 7) is 5.50. The molecular formula is C16H26ClN5O3. The van der Waals surface area contributed by atoms with Crippen LogP contribution in [0.3, 0.4) is 0 Å². The Morgan fingerprint density at radius 3 is 2.56 bits per heavy atom. The maximum atomic E-state index is 13.0. The van der Waals surface area contributed by atoms with E-state index in [1.807, 2.05) is 12.3 Å². The summed E-state index contributed by atoms with van der Waals surface area (Å²) >= 11 is 0. The van der Waals surface area contributed by atoms with E-state index >= 15 is 0 Å². The zero-order chi connectivity index (χ0) is 17.0. The molecule has 0 spiro atoms. The van der Waals surface area contributed by atoms with Crippen molar-refractivity contribution in [2.24, 2.45) is 0 Å². The lowest BCUT2D eigenvalue weighted by atomic mass is 9.87. The summed E-state index contributed by atoms with van der Waals surface area (Å²) in [5.41, 5.74) is -0.728. The number of nitrogens with one attached hydrogen (secondary N) is 2. The van der Waals surface area contributed by atoms with Crippen LogP contribution in [0.15, 0.2) is 18.5 Å². The normalized spacial score (nSPS) is 21.1. The van der Waals surface area contributed by atoms with Crippen LogP contribution < -0.4 is 10.6 Å². The van der Waals surface area contributed by atoms with Crippen molar-refractivity contribution in [3.8, 4) is 0 Å². The van der Waals surface area contributed by atoms with Crippen molar-refractivity contribution in [3.05, 3.63) is 18.5 Å². The highest BCUT2D eigenvalue weighted by atomic mass is 35.5. The lowest BCUT2D eigenvalue weighted by molar-refractivity contribution is -0.142. The molecule has 1 aromatic rings. The molecule has 25 heavy (non-hydrogen) atoms. The van der Waals surface area contributed by atoms with Crippen LogP contribution in [-0.2, 0) is 19.9 Å². The number of ether oxygens (including phenoxy) is 1. The number of morpholine rings is 1. The average molecular weight is 372 g/mol. The second-order valence-corrected chi connectivity index (χ2v) is 6.37. The lowest BCUT2D eigenvalue weighted by Gasteiger charge is -2.37. The van der Waals surface area contributed by atoms with Gasteiger partial charge in [-0.25, -0.2) is 0 Å². The average Bonchev–Trinajstić information content (AvgIpc) is 3.17. The lowest BCUT2D eigenvalue weighted by Crippen LogP contribution is -2.58. The molecule has 0 bridgehead atoms. The van der Waals surface area contributed by atoms with Gasteiger partial charge in [0.15, 0.2) is 0 Å². The van der Waals surface area contributed by atoms with Crippen LogP contribution in [0.1, 0.15) is 19.8 Å². The first-order valence-corrected chi connectivity index (χ1v) is 8.52. The molecule has 0 aromatic carbocycles. The molecule has 1 atom stereocenters. The number of nitrogens with zero attached hydrogens (tertiary/aromatic N) is 3. The molecule has 3 heterocycles. The molecule has 3 rings (SSSR count). The maximum Gasteiger partial charge on any atom is 0.248 e. The molecule has 9 heteroatoms. The van der Waals surface area contributed by atoms with E-state index in [1.54, 1.807) is 22.7 Å². The Hall–Kier alpha value is -1.64. The van der Waals surface area contributed by atoms with Crippen LogP contribution >= 0.6 is 12.4 Å². The molecule has 2 amide bonds. The fourth-order valence-electron chi connectivity index (χ4n) is 3.37. The second kappa shape index (κ2) is 8.64. The van der Waals surface area contributed by atoms with E-state index in [2.05, 4.69) is 15.7 Å². The maximum absolute atomic E-state index is 13.0. The standard InChI is InChI=1S/C16H25N5O3.ClH/c1-13(14(22)20-9-11-24-12-10-20)19-15(23)16(3-6-17-7-4-16)21-8-2-5-18-21;/h2,5,8,13,17H,3-4,6-7,9-12H2,1H3,(H,19,23);1H. The highest BCUT2D eigenvalue weighted by Crippen LogP contribution is 2.27. The Morgan fingerprint density at radius 1 is 1.28 bits per heavy atom. The topological polar surface area (TPSA) is 88.5 Å². The summed E-state index contributed by atoms with van der Waals surface area (Å²) in [6.07, 6.45) is 4.80. The number of carbonyl (C=O) groups excluding carboxylic acids is 2. The Bertz CT molecular complexity index is 568. The van der Waals surface area contributed by atoms with E-state index in [-0.39, 0.29) is 24.2 Å². The monoisotopic (exact) mass is 371 g/mol. The third-order valence-electron chi connectivity index (χ3n) is 4.84. The Balaban J connectivity index is 0.00000225. The van der Waals surface area contributed by atoms with Crippen molar-refractivity contribution >= 4 is 24.2 Å². The summed E-state index contributed by atoms with van der Waals surface area (Å²) in [5.74, 6) is -0.196. The van der Waals surface area contributed by atoms with Crippen molar-refractivity contribution in [1.29, 1.82) is 0 Å². The van der Waals surface area contributed by atoms with Gasteiger partial charge in [0.1, 0.15) is 11.6 Å². The van der Waals surface area contributed by atoms with Crippen molar-refractivity contribution in [2.75, 3.05) is 39.4 Å². The van der Waals surface area contributed by atoms with Crippen LogP contribution in [0, 0.1) is 0 Å². The summed E-state index contributed by atoms with van der Waals surface area (Å²) in [7, 11) is 0. The van der Waals surface area contributed by atoms with Crippen LogP contribution in [0.2, 0.25) is 0 Å². The van der Waals surface area contributed by atoms with E-state index < -0.39 is 11.6 Å². The number of hydrogen-bond acceptors (Lipinski definition) is 5. The van der Waals surface area contributed by atoms with E-state index in [4.69, 9.17) is 4.74 Å². The Kier molecular flexibility index (Phi) is 6.80. The molecule has 2 N–H and O–H groups in total. The van der Waals surface area contributed by atoms with Gasteiger partial charge in [0.2, 0.25) is 11.8 Å². The van der Waals surface area contributed by atoms with Gasteiger partial charge in [-0.05, 0) is 38.9 Å². The minimum Gasteiger partial charge on any atom is -0.378 e. The van der Waals surface area contributed by atoms with Gasteiger partial charge < -0.3 is 20.3 Å². The number of hydrogen-bond donors (Lipinski definition) is 2. The van der Waals surface area contributed by atoms with Gasteiger partial charge in [0.25, 0.3) is 0 Å². The molecule has 2 aliphatic heterocycles. The summed E-state index contributed by atoms with van der Waals surface area (Å²) in [4.78, 5) is 27.3. The van der Waals surface area contributed by atoms with Crippen LogP contribution in [-0.4, -0.2) is 71.9 Å². The predicted octanol–water partition coefficient (Wildman–Crippen LogP) is -0.253. The fraction of sp³-hybridized carbons (Fsp3) is 0.688. The molecule has 2 aliphatic rings. The van der Waals surface area contributed by atoms with Gasteiger partial charge >= 0.3 is 0 Å². The zero-order valence-electron chi connectivity index (χ0n) is 14.4. The second-order valence-electron chi connectivity index (χ2n) is 6.37. The third kappa shape index (κ3) is 4.13. The number of amides is 2. The number of halogens is 1. The van der Waals surface area contributed by atoms with E-state index in [0.29, 0.717) is 39.1 Å². The van der Waals surface area contributed by atoms with Gasteiger partial charge in [-0.1, -0.05) is 0 Å². The minimum absolute atomic E-state index is 0. The van der Waals surface area contributed by atoms with Crippen LogP contribution in [0.4, 0.5) is 0 Å². The largest absolute Gasteiger partial charge is 0.378 e. The van der Waals surface area contributed by atoms with Crippen LogP contribution in [0.5, 0.6) is 0 Å². The highest BCUT2D eigenvalue weighted by Gasteiger charge is 2.43. The SMILES string of the molecule is CC(NC(=O)C1(n2cccn2)CCNCC1)C(=O)N1CCOCC1.Cl. The Morgan fingerprint density at radius 2 is 1.96 bits per heavy atom. The van der Waals surface area contributed by atoms with Gasteiger partial charge in [-0.15, -0.1) is 12.4 Å². The number of carbonyl (C=O) groups is 2. The molecule has 140 valence electrons. The molecule has 1 unspecified atom stereocenters. The molecule has 0 saturated carbocycles. The van der Waals surface area contributed by atoms with Gasteiger partial charge in [0, 0.05) is 25.5 Å². The minimum atomic E-state index is -0.728. The highest BCUT2D eigenvalue weighted by molar-refractivity contribution is 5.91. The Labute approximate surface area is 153 Å². The van der Waals surface area contributed by atoms with Crippen molar-refractivity contribution in [3.63, 3.8) is 0 Å². The van der Waals surface area contributed by atoms with Crippen molar-refractivity contribution < 1.29 is 14.3 Å². The van der Waals surface area contributed by atoms with E-state index in [0.717, 1.165) is 13.1 Å². The van der Waals surface area contributed by atoms with Crippen molar-refractivity contribution in [2.45, 2.75) is 31.3 Å². The van der Waals surface area contributed by atoms with Gasteiger partial charge in [0.05, 0.1) is 13.2 Å². The fourth-order valence-corrected chi connectivity index (χ4v) is 3.37. The quantitative estimate of drug-likeness (QED) is 0.761. The molecule has 0 aliphatic carbocycles. The molecule has 8 nitrogen and oxygen atoms in total. The molecular weight excluding hydrogens is 346 g/mol. The third-order valence-corrected chi connectivity index (χ3v) is 4.84. The summed E-state index contributed by atoms with van der Waals surface area (Å²) < 4.78 is 7.00. The number of piperidine rings is 1. The van der Waals surface area contributed by atoms with E-state index in [9.17, 15) is 9.59 Å². The molecule has 1 aromatic heterocycles. The van der Waals surface area contributed by atoms with Crippen molar-refractivity contribution in [1.82, 2.24) is 25.3 Å². The molecule has 2 fully saturated rings. The predicted molar refractivity (Wildman–Crippen MR) is 94.6 cm³/mol. The van der Waals surface area contributed by atoms with Crippen LogP contribution in [0.25, 0.3) is 0 Å². The first-order chi connectivity index (χ1) is 11.6.